The van der Waals surface area contributed by atoms with Gasteiger partial charge >= 0.3 is 0 Å². The van der Waals surface area contributed by atoms with E-state index in [0.29, 0.717) is 17.0 Å². The third kappa shape index (κ3) is 3.03. The molecule has 0 saturated carbocycles. The fourth-order valence-corrected chi connectivity index (χ4v) is 2.08. The number of hydrogen-bond acceptors (Lipinski definition) is 3. The number of anilines is 1. The van der Waals surface area contributed by atoms with Crippen LogP contribution in [-0.2, 0) is 4.79 Å². The second kappa shape index (κ2) is 5.81. The van der Waals surface area contributed by atoms with E-state index >= 15 is 0 Å². The average Bonchev–Trinajstić information content (AvgIpc) is 2.53. The third-order valence-corrected chi connectivity index (χ3v) is 3.19. The first-order valence-corrected chi connectivity index (χ1v) is 6.66. The lowest BCUT2D eigenvalue weighted by atomic mass is 10.1. The van der Waals surface area contributed by atoms with Gasteiger partial charge in [0, 0.05) is 5.56 Å². The van der Waals surface area contributed by atoms with E-state index in [9.17, 15) is 14.0 Å². The van der Waals surface area contributed by atoms with E-state index < -0.39 is 0 Å². The van der Waals surface area contributed by atoms with Crippen molar-refractivity contribution in [1.29, 1.82) is 0 Å². The number of halogens is 1. The number of fused-ring (bicyclic) bond motifs is 1. The Labute approximate surface area is 126 Å². The molecule has 0 radical (unpaired) electrons. The van der Waals surface area contributed by atoms with Crippen molar-refractivity contribution in [3.63, 3.8) is 0 Å². The van der Waals surface area contributed by atoms with Gasteiger partial charge in [0.15, 0.2) is 12.4 Å². The molecule has 1 aliphatic rings. The summed E-state index contributed by atoms with van der Waals surface area (Å²) in [6.07, 6.45) is 3.01. The highest BCUT2D eigenvalue weighted by Gasteiger charge is 2.17. The number of allylic oxidation sites excluding steroid dienone is 1. The van der Waals surface area contributed by atoms with Crippen LogP contribution in [0.15, 0.2) is 48.5 Å². The highest BCUT2D eigenvalue weighted by atomic mass is 19.1. The fraction of sp³-hybridized carbons (Fsp3) is 0.0588. The van der Waals surface area contributed by atoms with Crippen molar-refractivity contribution in [1.82, 2.24) is 0 Å². The Kier molecular flexibility index (Phi) is 3.70. The maximum Gasteiger partial charge on any atom is 0.262 e. The molecule has 0 aliphatic carbocycles. The van der Waals surface area contributed by atoms with Gasteiger partial charge in [-0.3, -0.25) is 9.59 Å². The SMILES string of the molecule is O=C1COc2ccc(C(=O)C=Cc3ccc(F)cc3)cc2N1. The molecule has 1 N–H and O–H groups in total. The molecule has 1 amide bonds. The molecule has 0 bridgehead atoms. The van der Waals surface area contributed by atoms with Crippen molar-refractivity contribution in [2.75, 3.05) is 11.9 Å². The zero-order chi connectivity index (χ0) is 15.5. The van der Waals surface area contributed by atoms with E-state index in [2.05, 4.69) is 5.32 Å². The smallest absolute Gasteiger partial charge is 0.262 e. The summed E-state index contributed by atoms with van der Waals surface area (Å²) < 4.78 is 18.0. The van der Waals surface area contributed by atoms with E-state index in [4.69, 9.17) is 4.74 Å². The number of ketones is 1. The number of benzene rings is 2. The van der Waals surface area contributed by atoms with Crippen LogP contribution >= 0.6 is 0 Å². The van der Waals surface area contributed by atoms with Gasteiger partial charge in [0.25, 0.3) is 5.91 Å². The molecule has 22 heavy (non-hydrogen) atoms. The van der Waals surface area contributed by atoms with Crippen LogP contribution < -0.4 is 10.1 Å². The zero-order valence-corrected chi connectivity index (χ0v) is 11.5. The number of amides is 1. The minimum Gasteiger partial charge on any atom is -0.482 e. The highest BCUT2D eigenvalue weighted by molar-refractivity contribution is 6.08. The predicted molar refractivity (Wildman–Crippen MR) is 80.3 cm³/mol. The second-order valence-corrected chi connectivity index (χ2v) is 4.80. The molecule has 110 valence electrons. The summed E-state index contributed by atoms with van der Waals surface area (Å²) in [7, 11) is 0. The summed E-state index contributed by atoms with van der Waals surface area (Å²) in [5.74, 6) is -0.251. The standard InChI is InChI=1S/C17H12FNO3/c18-13-5-1-11(2-6-13)3-7-15(20)12-4-8-16-14(9-12)19-17(21)10-22-16/h1-9H,10H2,(H,19,21). The summed E-state index contributed by atoms with van der Waals surface area (Å²) in [5, 5.41) is 2.65. The van der Waals surface area contributed by atoms with Crippen LogP contribution in [0, 0.1) is 5.82 Å². The van der Waals surface area contributed by atoms with Gasteiger partial charge in [-0.25, -0.2) is 4.39 Å². The molecule has 1 aliphatic heterocycles. The molecule has 0 atom stereocenters. The number of rotatable bonds is 3. The first-order valence-electron chi connectivity index (χ1n) is 6.66. The minimum atomic E-state index is -0.325. The van der Waals surface area contributed by atoms with Crippen LogP contribution in [0.2, 0.25) is 0 Å². The number of nitrogens with one attached hydrogen (secondary N) is 1. The Bertz CT molecular complexity index is 766. The van der Waals surface area contributed by atoms with Gasteiger partial charge in [-0.05, 0) is 42.0 Å². The predicted octanol–water partition coefficient (Wildman–Crippen LogP) is 3.05. The Morgan fingerprint density at radius 3 is 2.73 bits per heavy atom. The number of hydrogen-bond donors (Lipinski definition) is 1. The monoisotopic (exact) mass is 297 g/mol. The molecule has 3 rings (SSSR count). The van der Waals surface area contributed by atoms with Crippen LogP contribution in [0.4, 0.5) is 10.1 Å². The molecule has 0 spiro atoms. The van der Waals surface area contributed by atoms with Crippen molar-refractivity contribution >= 4 is 23.5 Å². The van der Waals surface area contributed by atoms with Crippen molar-refractivity contribution in [3.8, 4) is 5.75 Å². The van der Waals surface area contributed by atoms with Crippen molar-refractivity contribution in [3.05, 3.63) is 65.5 Å². The lowest BCUT2D eigenvalue weighted by Gasteiger charge is -2.17. The summed E-state index contributed by atoms with van der Waals surface area (Å²) in [4.78, 5) is 23.4. The lowest BCUT2D eigenvalue weighted by Crippen LogP contribution is -2.25. The maximum absolute atomic E-state index is 12.8. The van der Waals surface area contributed by atoms with E-state index in [1.165, 1.54) is 18.2 Å². The van der Waals surface area contributed by atoms with E-state index in [0.717, 1.165) is 5.56 Å². The summed E-state index contributed by atoms with van der Waals surface area (Å²) in [6.45, 7) is -0.0231. The zero-order valence-electron chi connectivity index (χ0n) is 11.5. The van der Waals surface area contributed by atoms with Gasteiger partial charge in [-0.1, -0.05) is 18.2 Å². The first kappa shape index (κ1) is 14.0. The third-order valence-electron chi connectivity index (χ3n) is 3.19. The Morgan fingerprint density at radius 1 is 1.18 bits per heavy atom. The van der Waals surface area contributed by atoms with Gasteiger partial charge in [0.05, 0.1) is 5.69 Å². The van der Waals surface area contributed by atoms with Crippen LogP contribution in [0.25, 0.3) is 6.08 Å². The fourth-order valence-electron chi connectivity index (χ4n) is 2.08. The number of carbonyl (C=O) groups is 2. The number of carbonyl (C=O) groups excluding carboxylic acids is 2. The first-order chi connectivity index (χ1) is 10.6. The van der Waals surface area contributed by atoms with Crippen LogP contribution in [0.5, 0.6) is 5.75 Å². The molecule has 0 unspecified atom stereocenters. The molecule has 5 heteroatoms. The quantitative estimate of drug-likeness (QED) is 0.700. The summed E-state index contributed by atoms with van der Waals surface area (Å²) >= 11 is 0. The molecule has 0 saturated heterocycles. The molecule has 0 aromatic heterocycles. The Morgan fingerprint density at radius 2 is 1.95 bits per heavy atom. The molecule has 1 heterocycles. The molecule has 2 aromatic rings. The van der Waals surface area contributed by atoms with E-state index in [1.807, 2.05) is 0 Å². The van der Waals surface area contributed by atoms with Crippen LogP contribution in [-0.4, -0.2) is 18.3 Å². The van der Waals surface area contributed by atoms with Crippen molar-refractivity contribution < 1.29 is 18.7 Å². The summed E-state index contributed by atoms with van der Waals surface area (Å²) in [5.41, 5.74) is 1.64. The van der Waals surface area contributed by atoms with Crippen molar-refractivity contribution in [2.24, 2.45) is 0 Å². The molecular weight excluding hydrogens is 285 g/mol. The lowest BCUT2D eigenvalue weighted by molar-refractivity contribution is -0.118. The highest BCUT2D eigenvalue weighted by Crippen LogP contribution is 2.28. The molecule has 0 fully saturated rings. The number of ether oxygens (including phenoxy) is 1. The Hall–Kier alpha value is -2.95. The van der Waals surface area contributed by atoms with Gasteiger partial charge in [0.2, 0.25) is 0 Å². The molecular formula is C17H12FNO3. The molecule has 4 nitrogen and oxygen atoms in total. The normalized spacial score (nSPS) is 13.4. The van der Waals surface area contributed by atoms with Gasteiger partial charge in [-0.15, -0.1) is 0 Å². The minimum absolute atomic E-state index is 0.0231. The van der Waals surface area contributed by atoms with Gasteiger partial charge < -0.3 is 10.1 Å². The van der Waals surface area contributed by atoms with E-state index in [-0.39, 0.29) is 24.1 Å². The van der Waals surface area contributed by atoms with E-state index in [1.54, 1.807) is 36.4 Å². The van der Waals surface area contributed by atoms with Crippen LogP contribution in [0.1, 0.15) is 15.9 Å². The van der Waals surface area contributed by atoms with Gasteiger partial charge in [-0.2, -0.15) is 0 Å². The Balaban J connectivity index is 1.79. The topological polar surface area (TPSA) is 55.4 Å². The second-order valence-electron chi connectivity index (χ2n) is 4.80. The van der Waals surface area contributed by atoms with Crippen molar-refractivity contribution in [2.45, 2.75) is 0 Å². The average molecular weight is 297 g/mol. The van der Waals surface area contributed by atoms with Gasteiger partial charge in [0.1, 0.15) is 11.6 Å². The molecule has 2 aromatic carbocycles. The largest absolute Gasteiger partial charge is 0.482 e. The maximum atomic E-state index is 12.8. The van der Waals surface area contributed by atoms with Crippen LogP contribution in [0.3, 0.4) is 0 Å². The summed E-state index contributed by atoms with van der Waals surface area (Å²) in [6, 6.07) is 10.7.